The van der Waals surface area contributed by atoms with Crippen LogP contribution in [0.2, 0.25) is 5.02 Å². The summed E-state index contributed by atoms with van der Waals surface area (Å²) in [5.41, 5.74) is 1.67. The third kappa shape index (κ3) is 3.15. The summed E-state index contributed by atoms with van der Waals surface area (Å²) in [5.74, 6) is -1.34. The first kappa shape index (κ1) is 20.7. The van der Waals surface area contributed by atoms with Crippen LogP contribution in [0, 0.1) is 5.82 Å². The highest BCUT2D eigenvalue weighted by Crippen LogP contribution is 2.51. The summed E-state index contributed by atoms with van der Waals surface area (Å²) in [7, 11) is 0. The van der Waals surface area contributed by atoms with E-state index in [4.69, 9.17) is 16.3 Å². The summed E-state index contributed by atoms with van der Waals surface area (Å²) in [6.07, 6.45) is 0.183. The largest absolute Gasteiger partial charge is 0.507 e. The molecule has 4 rings (SSSR count). The molecule has 30 heavy (non-hydrogen) atoms. The fourth-order valence-electron chi connectivity index (χ4n) is 4.39. The van der Waals surface area contributed by atoms with Gasteiger partial charge in [-0.15, -0.1) is 0 Å². The van der Waals surface area contributed by atoms with Crippen molar-refractivity contribution in [1.29, 1.82) is 0 Å². The van der Waals surface area contributed by atoms with Crippen molar-refractivity contribution in [2.45, 2.75) is 44.6 Å². The van der Waals surface area contributed by atoms with Gasteiger partial charge in [0.2, 0.25) is 0 Å². The molecule has 1 aliphatic heterocycles. The average molecular weight is 432 g/mol. The highest BCUT2D eigenvalue weighted by molar-refractivity contribution is 6.30. The van der Waals surface area contributed by atoms with E-state index in [1.807, 2.05) is 31.4 Å². The maximum atomic E-state index is 13.9. The minimum atomic E-state index is -0.913. The molecule has 0 saturated heterocycles. The average Bonchev–Trinajstić information content (AvgIpc) is 3.05. The Hall–Kier alpha value is -2.57. The standard InChI is InChI=1S/C23H23ClFNO4/c1-22(2)12-30-23(3,10-9-18(28)29)20-19-16(5-4-6-17(19)27)26(21(20)22)13-7-8-15(25)14(24)11-13/h4-8,11,27H,9-10,12H2,1-3H3,(H,28,29)/t23-/m1/s1. The zero-order chi connectivity index (χ0) is 21.8. The number of hydrogen-bond acceptors (Lipinski definition) is 3. The number of phenols is 1. The van der Waals surface area contributed by atoms with Crippen LogP contribution in [-0.4, -0.2) is 27.4 Å². The molecule has 5 nitrogen and oxygen atoms in total. The third-order valence-electron chi connectivity index (χ3n) is 5.87. The van der Waals surface area contributed by atoms with E-state index >= 15 is 0 Å². The fraction of sp³-hybridized carbons (Fsp3) is 0.348. The Morgan fingerprint density at radius 3 is 2.67 bits per heavy atom. The topological polar surface area (TPSA) is 71.7 Å². The molecule has 0 aliphatic carbocycles. The Balaban J connectivity index is 2.11. The monoisotopic (exact) mass is 431 g/mol. The smallest absolute Gasteiger partial charge is 0.303 e. The van der Waals surface area contributed by atoms with Gasteiger partial charge in [-0.1, -0.05) is 31.5 Å². The minimum Gasteiger partial charge on any atom is -0.507 e. The maximum absolute atomic E-state index is 13.9. The summed E-state index contributed by atoms with van der Waals surface area (Å²) in [5, 5.41) is 20.7. The number of carbonyl (C=O) groups is 1. The molecule has 2 heterocycles. The van der Waals surface area contributed by atoms with Gasteiger partial charge in [0.05, 0.1) is 22.7 Å². The number of benzene rings is 2. The number of ether oxygens (including phenoxy) is 1. The van der Waals surface area contributed by atoms with Crippen molar-refractivity contribution in [2.75, 3.05) is 6.61 Å². The number of aromatic hydroxyl groups is 1. The number of halogens is 2. The number of nitrogens with zero attached hydrogens (tertiary/aromatic N) is 1. The zero-order valence-electron chi connectivity index (χ0n) is 17.0. The van der Waals surface area contributed by atoms with Gasteiger partial charge in [0.1, 0.15) is 11.6 Å². The van der Waals surface area contributed by atoms with Crippen LogP contribution in [0.1, 0.15) is 44.9 Å². The Morgan fingerprint density at radius 1 is 1.27 bits per heavy atom. The molecule has 0 bridgehead atoms. The molecule has 0 unspecified atom stereocenters. The Bertz CT molecular complexity index is 1170. The quantitative estimate of drug-likeness (QED) is 0.570. The lowest BCUT2D eigenvalue weighted by molar-refractivity contribution is -0.140. The highest BCUT2D eigenvalue weighted by Gasteiger charge is 2.46. The van der Waals surface area contributed by atoms with E-state index < -0.39 is 22.8 Å². The number of carboxylic acids is 1. The van der Waals surface area contributed by atoms with Crippen molar-refractivity contribution in [3.8, 4) is 11.4 Å². The molecule has 0 spiro atoms. The molecule has 0 radical (unpaired) electrons. The van der Waals surface area contributed by atoms with Crippen molar-refractivity contribution in [3.63, 3.8) is 0 Å². The molecule has 1 aliphatic rings. The van der Waals surface area contributed by atoms with Gasteiger partial charge in [0.25, 0.3) is 0 Å². The van der Waals surface area contributed by atoms with Gasteiger partial charge in [-0.3, -0.25) is 4.79 Å². The maximum Gasteiger partial charge on any atom is 0.303 e. The van der Waals surface area contributed by atoms with Crippen LogP contribution in [0.15, 0.2) is 36.4 Å². The summed E-state index contributed by atoms with van der Waals surface area (Å²) in [6.45, 7) is 6.28. The fourth-order valence-corrected chi connectivity index (χ4v) is 4.57. The van der Waals surface area contributed by atoms with Crippen LogP contribution in [0.5, 0.6) is 5.75 Å². The molecule has 1 aromatic heterocycles. The van der Waals surface area contributed by atoms with E-state index in [2.05, 4.69) is 0 Å². The number of aliphatic carboxylic acids is 1. The number of fused-ring (bicyclic) bond motifs is 3. The van der Waals surface area contributed by atoms with E-state index in [0.717, 1.165) is 16.8 Å². The summed E-state index contributed by atoms with van der Waals surface area (Å²) >= 11 is 6.08. The third-order valence-corrected chi connectivity index (χ3v) is 6.16. The SMILES string of the molecule is CC1(C)CO[C@](C)(CCC(=O)O)c2c1n(-c1ccc(F)c(Cl)c1)c1cccc(O)c21. The Morgan fingerprint density at radius 2 is 2.00 bits per heavy atom. The zero-order valence-corrected chi connectivity index (χ0v) is 17.8. The van der Waals surface area contributed by atoms with Gasteiger partial charge < -0.3 is 19.5 Å². The van der Waals surface area contributed by atoms with Gasteiger partial charge in [-0.2, -0.15) is 0 Å². The number of rotatable bonds is 4. The summed E-state index contributed by atoms with van der Waals surface area (Å²) < 4.78 is 22.1. The molecule has 158 valence electrons. The lowest BCUT2D eigenvalue weighted by atomic mass is 9.77. The molecule has 2 N–H and O–H groups in total. The van der Waals surface area contributed by atoms with Crippen LogP contribution in [0.3, 0.4) is 0 Å². The summed E-state index contributed by atoms with van der Waals surface area (Å²) in [4.78, 5) is 11.3. The molecule has 7 heteroatoms. The molecule has 0 saturated carbocycles. The van der Waals surface area contributed by atoms with E-state index in [9.17, 15) is 19.4 Å². The van der Waals surface area contributed by atoms with Gasteiger partial charge in [0.15, 0.2) is 0 Å². The Labute approximate surface area is 178 Å². The molecule has 0 amide bonds. The Kier molecular flexibility index (Phi) is 4.83. The number of aromatic nitrogens is 1. The predicted octanol–water partition coefficient (Wildman–Crippen LogP) is 5.52. The van der Waals surface area contributed by atoms with Crippen molar-refractivity contribution in [1.82, 2.24) is 4.57 Å². The first-order chi connectivity index (χ1) is 14.0. The number of hydrogen-bond donors (Lipinski definition) is 2. The van der Waals surface area contributed by atoms with E-state index in [0.29, 0.717) is 17.7 Å². The van der Waals surface area contributed by atoms with Crippen LogP contribution < -0.4 is 0 Å². The van der Waals surface area contributed by atoms with Gasteiger partial charge in [0, 0.05) is 34.2 Å². The van der Waals surface area contributed by atoms with Crippen molar-refractivity contribution < 1.29 is 24.1 Å². The predicted molar refractivity (Wildman–Crippen MR) is 113 cm³/mol. The first-order valence-electron chi connectivity index (χ1n) is 9.74. The molecule has 0 fully saturated rings. The van der Waals surface area contributed by atoms with E-state index in [1.165, 1.54) is 6.07 Å². The molecule has 1 atom stereocenters. The normalized spacial score (nSPS) is 20.3. The van der Waals surface area contributed by atoms with Crippen LogP contribution in [-0.2, 0) is 20.5 Å². The van der Waals surface area contributed by atoms with Gasteiger partial charge in [-0.05, 0) is 43.7 Å². The number of phenolic OH excluding ortho intramolecular Hbond substituents is 1. The van der Waals surface area contributed by atoms with Crippen molar-refractivity contribution in [3.05, 3.63) is 58.5 Å². The number of carboxylic acid groups (broad SMARTS) is 1. The second-order valence-electron chi connectivity index (χ2n) is 8.63. The first-order valence-corrected chi connectivity index (χ1v) is 10.1. The van der Waals surface area contributed by atoms with E-state index in [-0.39, 0.29) is 23.6 Å². The second-order valence-corrected chi connectivity index (χ2v) is 9.03. The van der Waals surface area contributed by atoms with Crippen LogP contribution >= 0.6 is 11.6 Å². The molecule has 3 aromatic rings. The summed E-state index contributed by atoms with van der Waals surface area (Å²) in [6, 6.07) is 9.73. The van der Waals surface area contributed by atoms with Crippen LogP contribution in [0.4, 0.5) is 4.39 Å². The van der Waals surface area contributed by atoms with E-state index in [1.54, 1.807) is 24.3 Å². The molecule has 2 aromatic carbocycles. The van der Waals surface area contributed by atoms with Gasteiger partial charge in [-0.25, -0.2) is 4.39 Å². The lowest BCUT2D eigenvalue weighted by Gasteiger charge is -2.42. The van der Waals surface area contributed by atoms with Gasteiger partial charge >= 0.3 is 5.97 Å². The molecular formula is C23H23ClFNO4. The minimum absolute atomic E-state index is 0.00163. The second kappa shape index (κ2) is 7.00. The highest BCUT2D eigenvalue weighted by atomic mass is 35.5. The van der Waals surface area contributed by atoms with Crippen molar-refractivity contribution in [2.24, 2.45) is 0 Å². The van der Waals surface area contributed by atoms with Crippen LogP contribution in [0.25, 0.3) is 16.6 Å². The lowest BCUT2D eigenvalue weighted by Crippen LogP contribution is -2.42. The molecular weight excluding hydrogens is 409 g/mol. The van der Waals surface area contributed by atoms with Crippen molar-refractivity contribution >= 4 is 28.5 Å².